The zero-order valence-electron chi connectivity index (χ0n) is 12.2. The quantitative estimate of drug-likeness (QED) is 0.829. The second-order valence-corrected chi connectivity index (χ2v) is 8.13. The Morgan fingerprint density at radius 1 is 1.48 bits per heavy atom. The van der Waals surface area contributed by atoms with Gasteiger partial charge in [-0.1, -0.05) is 11.6 Å². The SMILES string of the molecule is CN(Cc1cc(Cl)ccc1F)C[C@H]1CCN(S(C)(=O)=O)C1. The van der Waals surface area contributed by atoms with Gasteiger partial charge in [-0.2, -0.15) is 0 Å². The van der Waals surface area contributed by atoms with Gasteiger partial charge in [-0.25, -0.2) is 17.1 Å². The van der Waals surface area contributed by atoms with Crippen molar-refractivity contribution in [1.82, 2.24) is 9.21 Å². The molecule has 1 aliphatic rings. The molecular weight excluding hydrogens is 315 g/mol. The van der Waals surface area contributed by atoms with E-state index in [1.165, 1.54) is 22.7 Å². The smallest absolute Gasteiger partial charge is 0.211 e. The van der Waals surface area contributed by atoms with Gasteiger partial charge in [0.1, 0.15) is 5.82 Å². The third-order valence-electron chi connectivity index (χ3n) is 3.74. The number of benzene rings is 1. The Morgan fingerprint density at radius 3 is 2.81 bits per heavy atom. The van der Waals surface area contributed by atoms with E-state index in [1.54, 1.807) is 6.07 Å². The number of hydrogen-bond acceptors (Lipinski definition) is 3. The molecule has 0 aliphatic carbocycles. The van der Waals surface area contributed by atoms with Crippen molar-refractivity contribution in [2.45, 2.75) is 13.0 Å². The van der Waals surface area contributed by atoms with E-state index in [4.69, 9.17) is 11.6 Å². The van der Waals surface area contributed by atoms with Crippen LogP contribution in [-0.2, 0) is 16.6 Å². The van der Waals surface area contributed by atoms with Crippen molar-refractivity contribution in [3.63, 3.8) is 0 Å². The Kier molecular flexibility index (Phi) is 5.24. The molecule has 0 radical (unpaired) electrons. The summed E-state index contributed by atoms with van der Waals surface area (Å²) < 4.78 is 38.2. The maximum Gasteiger partial charge on any atom is 0.211 e. The van der Waals surface area contributed by atoms with Gasteiger partial charge in [0.2, 0.25) is 10.0 Å². The lowest BCUT2D eigenvalue weighted by Gasteiger charge is -2.21. The van der Waals surface area contributed by atoms with Crippen molar-refractivity contribution in [3.8, 4) is 0 Å². The summed E-state index contributed by atoms with van der Waals surface area (Å²) in [5, 5.41) is 0.518. The van der Waals surface area contributed by atoms with Crippen molar-refractivity contribution >= 4 is 21.6 Å². The molecule has 1 aromatic rings. The van der Waals surface area contributed by atoms with Gasteiger partial charge >= 0.3 is 0 Å². The highest BCUT2D eigenvalue weighted by Gasteiger charge is 2.29. The number of sulfonamides is 1. The van der Waals surface area contributed by atoms with E-state index in [1.807, 2.05) is 11.9 Å². The van der Waals surface area contributed by atoms with E-state index in [2.05, 4.69) is 0 Å². The fourth-order valence-corrected chi connectivity index (χ4v) is 3.82. The van der Waals surface area contributed by atoms with Crippen LogP contribution >= 0.6 is 11.6 Å². The molecule has 7 heteroatoms. The fraction of sp³-hybridized carbons (Fsp3) is 0.571. The molecule has 4 nitrogen and oxygen atoms in total. The van der Waals surface area contributed by atoms with Crippen molar-refractivity contribution in [2.24, 2.45) is 5.92 Å². The van der Waals surface area contributed by atoms with E-state index in [0.29, 0.717) is 30.2 Å². The van der Waals surface area contributed by atoms with Crippen LogP contribution < -0.4 is 0 Å². The average Bonchev–Trinajstić information content (AvgIpc) is 2.82. The predicted molar refractivity (Wildman–Crippen MR) is 82.3 cm³/mol. The summed E-state index contributed by atoms with van der Waals surface area (Å²) in [5.41, 5.74) is 0.558. The third-order valence-corrected chi connectivity index (χ3v) is 5.24. The second-order valence-electron chi connectivity index (χ2n) is 5.71. The highest BCUT2D eigenvalue weighted by atomic mass is 35.5. The van der Waals surface area contributed by atoms with Crippen LogP contribution in [0.15, 0.2) is 18.2 Å². The summed E-state index contributed by atoms with van der Waals surface area (Å²) in [6.07, 6.45) is 2.08. The zero-order valence-corrected chi connectivity index (χ0v) is 13.8. The van der Waals surface area contributed by atoms with Crippen LogP contribution in [0.1, 0.15) is 12.0 Å². The fourth-order valence-electron chi connectivity index (χ4n) is 2.71. The molecular formula is C14H20ClFN2O2S. The van der Waals surface area contributed by atoms with E-state index in [9.17, 15) is 12.8 Å². The van der Waals surface area contributed by atoms with E-state index < -0.39 is 10.0 Å². The number of nitrogens with zero attached hydrogens (tertiary/aromatic N) is 2. The topological polar surface area (TPSA) is 40.6 Å². The molecule has 0 bridgehead atoms. The molecule has 118 valence electrons. The first-order valence-electron chi connectivity index (χ1n) is 6.83. The van der Waals surface area contributed by atoms with Gasteiger partial charge in [0.15, 0.2) is 0 Å². The van der Waals surface area contributed by atoms with E-state index in [0.717, 1.165) is 13.0 Å². The number of halogens is 2. The Hall–Kier alpha value is -0.690. The summed E-state index contributed by atoms with van der Waals surface area (Å²) in [5.74, 6) is 0.0161. The van der Waals surface area contributed by atoms with Gasteiger partial charge in [0.05, 0.1) is 6.26 Å². The van der Waals surface area contributed by atoms with Gasteiger partial charge in [0.25, 0.3) is 0 Å². The molecule has 1 heterocycles. The van der Waals surface area contributed by atoms with Crippen molar-refractivity contribution < 1.29 is 12.8 Å². The lowest BCUT2D eigenvalue weighted by Crippen LogP contribution is -2.31. The Morgan fingerprint density at radius 2 is 2.19 bits per heavy atom. The van der Waals surface area contributed by atoms with Gasteiger partial charge < -0.3 is 4.90 Å². The van der Waals surface area contributed by atoms with Crippen LogP contribution in [-0.4, -0.2) is 50.6 Å². The molecule has 1 saturated heterocycles. The normalized spacial score (nSPS) is 20.3. The minimum atomic E-state index is -3.11. The van der Waals surface area contributed by atoms with Gasteiger partial charge in [-0.05, 0) is 37.6 Å². The van der Waals surface area contributed by atoms with Crippen LogP contribution in [0, 0.1) is 11.7 Å². The van der Waals surface area contributed by atoms with Crippen LogP contribution in [0.25, 0.3) is 0 Å². The van der Waals surface area contributed by atoms with Crippen LogP contribution in [0.2, 0.25) is 5.02 Å². The first-order valence-corrected chi connectivity index (χ1v) is 9.06. The zero-order chi connectivity index (χ0) is 15.6. The van der Waals surface area contributed by atoms with E-state index in [-0.39, 0.29) is 11.7 Å². The monoisotopic (exact) mass is 334 g/mol. The third kappa shape index (κ3) is 4.64. The Labute approximate surface area is 130 Å². The summed E-state index contributed by atoms with van der Waals surface area (Å²) in [4.78, 5) is 2.01. The summed E-state index contributed by atoms with van der Waals surface area (Å²) >= 11 is 5.88. The van der Waals surface area contributed by atoms with Crippen molar-refractivity contribution in [1.29, 1.82) is 0 Å². The largest absolute Gasteiger partial charge is 0.302 e. The molecule has 1 aromatic carbocycles. The standard InChI is InChI=1S/C14H20ClFN2O2S/c1-17(10-12-7-13(15)3-4-14(12)16)8-11-5-6-18(9-11)21(2,19)20/h3-4,7,11H,5-6,8-10H2,1-2H3/t11-/m1/s1. The Balaban J connectivity index is 1.91. The first-order chi connectivity index (χ1) is 9.75. The number of rotatable bonds is 5. The molecule has 21 heavy (non-hydrogen) atoms. The lowest BCUT2D eigenvalue weighted by atomic mass is 10.1. The molecule has 1 atom stereocenters. The molecule has 1 aliphatic heterocycles. The minimum Gasteiger partial charge on any atom is -0.302 e. The van der Waals surface area contributed by atoms with Crippen LogP contribution in [0.3, 0.4) is 0 Å². The maximum absolute atomic E-state index is 13.7. The molecule has 0 N–H and O–H groups in total. The molecule has 0 unspecified atom stereocenters. The first kappa shape index (κ1) is 16.7. The Bertz CT molecular complexity index is 609. The summed E-state index contributed by atoms with van der Waals surface area (Å²) in [6, 6.07) is 4.53. The molecule has 1 fully saturated rings. The van der Waals surface area contributed by atoms with Gasteiger partial charge in [0, 0.05) is 36.8 Å². The average molecular weight is 335 g/mol. The molecule has 2 rings (SSSR count). The molecule has 0 amide bonds. The molecule has 0 saturated carbocycles. The highest BCUT2D eigenvalue weighted by Crippen LogP contribution is 2.21. The van der Waals surface area contributed by atoms with Crippen molar-refractivity contribution in [3.05, 3.63) is 34.6 Å². The van der Waals surface area contributed by atoms with Gasteiger partial charge in [-0.15, -0.1) is 0 Å². The predicted octanol–water partition coefficient (Wildman–Crippen LogP) is 2.19. The van der Waals surface area contributed by atoms with Crippen LogP contribution in [0.5, 0.6) is 0 Å². The van der Waals surface area contributed by atoms with Gasteiger partial charge in [-0.3, -0.25) is 0 Å². The lowest BCUT2D eigenvalue weighted by molar-refractivity contribution is 0.270. The minimum absolute atomic E-state index is 0.268. The maximum atomic E-state index is 13.7. The number of hydrogen-bond donors (Lipinski definition) is 0. The van der Waals surface area contributed by atoms with E-state index >= 15 is 0 Å². The molecule has 0 aromatic heterocycles. The molecule has 0 spiro atoms. The van der Waals surface area contributed by atoms with Crippen LogP contribution in [0.4, 0.5) is 4.39 Å². The second kappa shape index (κ2) is 6.60. The summed E-state index contributed by atoms with van der Waals surface area (Å²) in [6.45, 7) is 2.31. The highest BCUT2D eigenvalue weighted by molar-refractivity contribution is 7.88. The van der Waals surface area contributed by atoms with Crippen molar-refractivity contribution in [2.75, 3.05) is 32.9 Å². The summed E-state index contributed by atoms with van der Waals surface area (Å²) in [7, 11) is -1.20.